The smallest absolute Gasteiger partial charge is 0.0139 e. The van der Waals surface area contributed by atoms with E-state index in [2.05, 4.69) is 57.2 Å². The fourth-order valence-corrected chi connectivity index (χ4v) is 3.54. The van der Waals surface area contributed by atoms with Gasteiger partial charge in [0.1, 0.15) is 0 Å². The first-order chi connectivity index (χ1) is 9.35. The van der Waals surface area contributed by atoms with Crippen LogP contribution >= 0.6 is 7.92 Å². The molecule has 0 aromatic carbocycles. The highest BCUT2D eigenvalue weighted by Gasteiger charge is 2.01. The predicted molar refractivity (Wildman–Crippen MR) is 93.7 cm³/mol. The van der Waals surface area contributed by atoms with Gasteiger partial charge in [0.05, 0.1) is 0 Å². The summed E-state index contributed by atoms with van der Waals surface area (Å²) in [5.74, 6) is 0. The standard InChI is InChI=1S/C18H33P/c1-4-7-10-13-16-19(17-14-11-8-5-2)18-15-12-9-6-3/h10-15H,4-9,16-18H2,1-3H3. The summed E-state index contributed by atoms with van der Waals surface area (Å²) in [5, 5.41) is 0. The van der Waals surface area contributed by atoms with Gasteiger partial charge in [0.15, 0.2) is 0 Å². The zero-order valence-electron chi connectivity index (χ0n) is 13.3. The summed E-state index contributed by atoms with van der Waals surface area (Å²) in [4.78, 5) is 0. The molecule has 0 aliphatic heterocycles. The lowest BCUT2D eigenvalue weighted by molar-refractivity contribution is 0.956. The van der Waals surface area contributed by atoms with Crippen LogP contribution in [0.25, 0.3) is 0 Å². The molecule has 0 saturated carbocycles. The largest absolute Gasteiger partial charge is 0.0951 e. The van der Waals surface area contributed by atoms with Crippen molar-refractivity contribution < 1.29 is 0 Å². The molecule has 0 bridgehead atoms. The van der Waals surface area contributed by atoms with Gasteiger partial charge in [0.2, 0.25) is 0 Å². The van der Waals surface area contributed by atoms with Crippen molar-refractivity contribution in [3.63, 3.8) is 0 Å². The van der Waals surface area contributed by atoms with Crippen molar-refractivity contribution in [3.05, 3.63) is 36.5 Å². The van der Waals surface area contributed by atoms with Crippen molar-refractivity contribution >= 4 is 7.92 Å². The molecule has 0 aliphatic carbocycles. The lowest BCUT2D eigenvalue weighted by atomic mass is 10.3. The summed E-state index contributed by atoms with van der Waals surface area (Å²) in [6.07, 6.45) is 25.7. The Morgan fingerprint density at radius 2 is 0.842 bits per heavy atom. The minimum Gasteiger partial charge on any atom is -0.0951 e. The SMILES string of the molecule is CCCC=CCP(CC=CCCC)CC=CCCC. The topological polar surface area (TPSA) is 0 Å². The van der Waals surface area contributed by atoms with E-state index in [1.807, 2.05) is 0 Å². The first-order valence-electron chi connectivity index (χ1n) is 8.02. The van der Waals surface area contributed by atoms with Crippen LogP contribution in [0.4, 0.5) is 0 Å². The van der Waals surface area contributed by atoms with E-state index in [1.54, 1.807) is 0 Å². The second-order valence-electron chi connectivity index (χ2n) is 5.00. The number of unbranched alkanes of at least 4 members (excludes halogenated alkanes) is 3. The Labute approximate surface area is 122 Å². The minimum absolute atomic E-state index is 0.129. The normalized spacial score (nSPS) is 14.1. The average Bonchev–Trinajstić information content (AvgIpc) is 2.43. The van der Waals surface area contributed by atoms with Crippen LogP contribution in [-0.2, 0) is 0 Å². The fourth-order valence-electron chi connectivity index (χ4n) is 1.75. The van der Waals surface area contributed by atoms with Crippen LogP contribution in [0.1, 0.15) is 59.3 Å². The van der Waals surface area contributed by atoms with Crippen molar-refractivity contribution in [2.45, 2.75) is 59.3 Å². The Morgan fingerprint density at radius 3 is 1.11 bits per heavy atom. The van der Waals surface area contributed by atoms with E-state index >= 15 is 0 Å². The van der Waals surface area contributed by atoms with E-state index < -0.39 is 0 Å². The van der Waals surface area contributed by atoms with Crippen molar-refractivity contribution in [2.24, 2.45) is 0 Å². The summed E-state index contributed by atoms with van der Waals surface area (Å²) in [6.45, 7) is 6.73. The molecule has 0 spiro atoms. The van der Waals surface area contributed by atoms with Crippen LogP contribution in [0.15, 0.2) is 36.5 Å². The zero-order valence-corrected chi connectivity index (χ0v) is 14.2. The third-order valence-corrected chi connectivity index (χ3v) is 5.14. The van der Waals surface area contributed by atoms with E-state index in [0.29, 0.717) is 0 Å². The Morgan fingerprint density at radius 1 is 0.526 bits per heavy atom. The summed E-state index contributed by atoms with van der Waals surface area (Å²) >= 11 is 0. The molecule has 0 fully saturated rings. The molecule has 19 heavy (non-hydrogen) atoms. The maximum absolute atomic E-state index is 2.41. The molecular weight excluding hydrogens is 247 g/mol. The third-order valence-electron chi connectivity index (χ3n) is 2.96. The Hall–Kier alpha value is -0.350. The molecule has 0 unspecified atom stereocenters. The van der Waals surface area contributed by atoms with Crippen LogP contribution < -0.4 is 0 Å². The quantitative estimate of drug-likeness (QED) is 0.281. The fraction of sp³-hybridized carbons (Fsp3) is 0.667. The third kappa shape index (κ3) is 13.9. The molecule has 0 aromatic heterocycles. The lowest BCUT2D eigenvalue weighted by Gasteiger charge is -2.11. The molecule has 0 nitrogen and oxygen atoms in total. The van der Waals surface area contributed by atoms with Crippen molar-refractivity contribution in [3.8, 4) is 0 Å². The molecule has 0 aliphatic rings. The summed E-state index contributed by atoms with van der Waals surface area (Å²) in [5.41, 5.74) is 0. The number of hydrogen-bond donors (Lipinski definition) is 0. The monoisotopic (exact) mass is 280 g/mol. The number of hydrogen-bond acceptors (Lipinski definition) is 0. The Balaban J connectivity index is 4.05. The van der Waals surface area contributed by atoms with E-state index in [-0.39, 0.29) is 7.92 Å². The van der Waals surface area contributed by atoms with Crippen LogP contribution in [0.5, 0.6) is 0 Å². The van der Waals surface area contributed by atoms with Gasteiger partial charge in [-0.1, -0.05) is 84.4 Å². The van der Waals surface area contributed by atoms with Gasteiger partial charge in [-0.25, -0.2) is 0 Å². The molecule has 1 heteroatoms. The molecule has 110 valence electrons. The summed E-state index contributed by atoms with van der Waals surface area (Å²) in [6, 6.07) is 0. The van der Waals surface area contributed by atoms with Crippen LogP contribution in [-0.4, -0.2) is 18.5 Å². The van der Waals surface area contributed by atoms with E-state index in [0.717, 1.165) is 0 Å². The summed E-state index contributed by atoms with van der Waals surface area (Å²) < 4.78 is 0. The molecule has 0 radical (unpaired) electrons. The van der Waals surface area contributed by atoms with Crippen molar-refractivity contribution in [2.75, 3.05) is 18.5 Å². The summed E-state index contributed by atoms with van der Waals surface area (Å²) in [7, 11) is 0.129. The Kier molecular flexibility index (Phi) is 15.4. The van der Waals surface area contributed by atoms with Crippen molar-refractivity contribution in [1.29, 1.82) is 0 Å². The van der Waals surface area contributed by atoms with Crippen LogP contribution in [0, 0.1) is 0 Å². The van der Waals surface area contributed by atoms with Gasteiger partial charge in [-0.2, -0.15) is 0 Å². The first kappa shape index (κ1) is 18.7. The molecule has 0 atom stereocenters. The van der Waals surface area contributed by atoms with Gasteiger partial charge in [-0.05, 0) is 37.7 Å². The van der Waals surface area contributed by atoms with Gasteiger partial charge in [0, 0.05) is 0 Å². The van der Waals surface area contributed by atoms with Gasteiger partial charge >= 0.3 is 0 Å². The number of rotatable bonds is 12. The Bertz CT molecular complexity index is 208. The van der Waals surface area contributed by atoms with E-state index in [1.165, 1.54) is 57.0 Å². The molecule has 0 amide bonds. The number of allylic oxidation sites excluding steroid dienone is 6. The highest BCUT2D eigenvalue weighted by Crippen LogP contribution is 2.35. The maximum Gasteiger partial charge on any atom is -0.0139 e. The van der Waals surface area contributed by atoms with Gasteiger partial charge in [0.25, 0.3) is 0 Å². The highest BCUT2D eigenvalue weighted by molar-refractivity contribution is 7.58. The molecule has 0 aromatic rings. The lowest BCUT2D eigenvalue weighted by Crippen LogP contribution is -1.89. The van der Waals surface area contributed by atoms with Gasteiger partial charge in [-0.3, -0.25) is 0 Å². The van der Waals surface area contributed by atoms with Crippen LogP contribution in [0.3, 0.4) is 0 Å². The van der Waals surface area contributed by atoms with Crippen molar-refractivity contribution in [1.82, 2.24) is 0 Å². The zero-order chi connectivity index (χ0) is 14.2. The van der Waals surface area contributed by atoms with Gasteiger partial charge in [-0.15, -0.1) is 0 Å². The minimum atomic E-state index is 0.129. The predicted octanol–water partition coefficient (Wildman–Crippen LogP) is 6.54. The first-order valence-corrected chi connectivity index (χ1v) is 9.92. The highest BCUT2D eigenvalue weighted by atomic mass is 31.1. The second-order valence-corrected chi connectivity index (χ2v) is 7.44. The van der Waals surface area contributed by atoms with E-state index in [9.17, 15) is 0 Å². The molecule has 0 rings (SSSR count). The second kappa shape index (κ2) is 15.7. The molecule has 0 saturated heterocycles. The maximum atomic E-state index is 2.41. The van der Waals surface area contributed by atoms with E-state index in [4.69, 9.17) is 0 Å². The molecular formula is C18H33P. The molecule has 0 N–H and O–H groups in total. The van der Waals surface area contributed by atoms with Crippen LogP contribution in [0.2, 0.25) is 0 Å². The van der Waals surface area contributed by atoms with Gasteiger partial charge < -0.3 is 0 Å². The molecule has 0 heterocycles. The average molecular weight is 280 g/mol.